The van der Waals surface area contributed by atoms with Crippen LogP contribution in [0, 0.1) is 13.8 Å². The fourth-order valence-electron chi connectivity index (χ4n) is 2.08. The van der Waals surface area contributed by atoms with Crippen LogP contribution in [0.1, 0.15) is 22.7 Å². The van der Waals surface area contributed by atoms with Gasteiger partial charge in [-0.1, -0.05) is 35.9 Å². The van der Waals surface area contributed by atoms with Gasteiger partial charge in [0.1, 0.15) is 0 Å². The van der Waals surface area contributed by atoms with Crippen LogP contribution in [-0.2, 0) is 0 Å². The molecule has 2 aromatic rings. The highest BCUT2D eigenvalue weighted by atomic mass is 35.5. The number of nitrogens with two attached hydrogens (primary N) is 1. The SMILES string of the molecule is Cc1ccc(C)c(NC(CN)c2cccc(Cl)c2)c1. The summed E-state index contributed by atoms with van der Waals surface area (Å²) in [7, 11) is 0. The number of aryl methyl sites for hydroxylation is 2. The molecule has 0 aromatic heterocycles. The Morgan fingerprint density at radius 3 is 2.63 bits per heavy atom. The maximum atomic E-state index is 6.04. The van der Waals surface area contributed by atoms with Crippen molar-refractivity contribution >= 4 is 17.3 Å². The van der Waals surface area contributed by atoms with E-state index in [1.807, 2.05) is 24.3 Å². The summed E-state index contributed by atoms with van der Waals surface area (Å²) < 4.78 is 0. The molecule has 0 radical (unpaired) electrons. The molecule has 0 aliphatic carbocycles. The van der Waals surface area contributed by atoms with Crippen LogP contribution >= 0.6 is 11.6 Å². The number of hydrogen-bond donors (Lipinski definition) is 2. The minimum atomic E-state index is 0.0687. The number of anilines is 1. The molecular formula is C16H19ClN2. The summed E-state index contributed by atoms with van der Waals surface area (Å²) in [6, 6.07) is 14.3. The van der Waals surface area contributed by atoms with E-state index < -0.39 is 0 Å². The normalized spacial score (nSPS) is 12.2. The van der Waals surface area contributed by atoms with Crippen molar-refractivity contribution in [1.82, 2.24) is 0 Å². The fourth-order valence-corrected chi connectivity index (χ4v) is 2.28. The lowest BCUT2D eigenvalue weighted by Gasteiger charge is -2.20. The van der Waals surface area contributed by atoms with Crippen LogP contribution < -0.4 is 11.1 Å². The van der Waals surface area contributed by atoms with Gasteiger partial charge in [-0.15, -0.1) is 0 Å². The van der Waals surface area contributed by atoms with Crippen molar-refractivity contribution in [2.45, 2.75) is 19.9 Å². The predicted octanol–water partition coefficient (Wildman–Crippen LogP) is 4.07. The molecule has 1 atom stereocenters. The second-order valence-electron chi connectivity index (χ2n) is 4.81. The van der Waals surface area contributed by atoms with Gasteiger partial charge in [0.05, 0.1) is 6.04 Å². The molecule has 0 saturated heterocycles. The van der Waals surface area contributed by atoms with Crippen molar-refractivity contribution < 1.29 is 0 Å². The molecule has 0 saturated carbocycles. The van der Waals surface area contributed by atoms with Gasteiger partial charge in [-0.25, -0.2) is 0 Å². The predicted molar refractivity (Wildman–Crippen MR) is 82.8 cm³/mol. The first kappa shape index (κ1) is 13.9. The third-order valence-corrected chi connectivity index (χ3v) is 3.44. The number of rotatable bonds is 4. The number of halogens is 1. The topological polar surface area (TPSA) is 38.0 Å². The highest BCUT2D eigenvalue weighted by Crippen LogP contribution is 2.24. The van der Waals surface area contributed by atoms with Crippen molar-refractivity contribution in [1.29, 1.82) is 0 Å². The molecule has 0 bridgehead atoms. The van der Waals surface area contributed by atoms with Crippen LogP contribution in [0.3, 0.4) is 0 Å². The van der Waals surface area contributed by atoms with Gasteiger partial charge >= 0.3 is 0 Å². The molecule has 2 rings (SSSR count). The zero-order valence-corrected chi connectivity index (χ0v) is 12.0. The van der Waals surface area contributed by atoms with E-state index in [0.29, 0.717) is 6.54 Å². The highest BCUT2D eigenvalue weighted by molar-refractivity contribution is 6.30. The molecule has 0 fully saturated rings. The number of nitrogens with one attached hydrogen (secondary N) is 1. The average molecular weight is 275 g/mol. The second-order valence-corrected chi connectivity index (χ2v) is 5.24. The first-order valence-electron chi connectivity index (χ1n) is 6.39. The number of benzene rings is 2. The molecule has 0 aliphatic heterocycles. The quantitative estimate of drug-likeness (QED) is 0.882. The summed E-state index contributed by atoms with van der Waals surface area (Å²) in [6.07, 6.45) is 0. The molecule has 0 heterocycles. The zero-order valence-electron chi connectivity index (χ0n) is 11.3. The largest absolute Gasteiger partial charge is 0.377 e. The van der Waals surface area contributed by atoms with E-state index in [0.717, 1.165) is 16.3 Å². The van der Waals surface area contributed by atoms with Crippen molar-refractivity contribution in [3.8, 4) is 0 Å². The Bertz CT molecular complexity index is 566. The Morgan fingerprint density at radius 1 is 1.16 bits per heavy atom. The van der Waals surface area contributed by atoms with E-state index >= 15 is 0 Å². The van der Waals surface area contributed by atoms with Crippen LogP contribution in [0.15, 0.2) is 42.5 Å². The summed E-state index contributed by atoms with van der Waals surface area (Å²) in [5, 5.41) is 4.23. The summed E-state index contributed by atoms with van der Waals surface area (Å²) in [5.74, 6) is 0. The second kappa shape index (κ2) is 6.09. The third kappa shape index (κ3) is 3.49. The molecule has 2 nitrogen and oxygen atoms in total. The van der Waals surface area contributed by atoms with E-state index in [2.05, 4.69) is 37.4 Å². The maximum Gasteiger partial charge on any atom is 0.0636 e. The standard InChI is InChI=1S/C16H19ClN2/c1-11-6-7-12(2)15(8-11)19-16(10-18)13-4-3-5-14(17)9-13/h3-9,16,19H,10,18H2,1-2H3. The van der Waals surface area contributed by atoms with Gasteiger partial charge in [0.25, 0.3) is 0 Å². The van der Waals surface area contributed by atoms with Gasteiger partial charge in [0.15, 0.2) is 0 Å². The first-order chi connectivity index (χ1) is 9.10. The lowest BCUT2D eigenvalue weighted by atomic mass is 10.0. The molecule has 0 aliphatic rings. The van der Waals surface area contributed by atoms with Crippen LogP contribution in [0.25, 0.3) is 0 Å². The molecule has 100 valence electrons. The lowest BCUT2D eigenvalue weighted by molar-refractivity contribution is 0.789. The summed E-state index contributed by atoms with van der Waals surface area (Å²) >= 11 is 6.04. The van der Waals surface area contributed by atoms with Crippen molar-refractivity contribution in [2.24, 2.45) is 5.73 Å². The molecular weight excluding hydrogens is 256 g/mol. The van der Waals surface area contributed by atoms with Crippen LogP contribution in [-0.4, -0.2) is 6.54 Å². The maximum absolute atomic E-state index is 6.04. The van der Waals surface area contributed by atoms with Gasteiger partial charge in [-0.3, -0.25) is 0 Å². The van der Waals surface area contributed by atoms with E-state index in [1.165, 1.54) is 11.1 Å². The number of hydrogen-bond acceptors (Lipinski definition) is 2. The molecule has 3 N–H and O–H groups in total. The Hall–Kier alpha value is -1.51. The van der Waals surface area contributed by atoms with Gasteiger partial charge < -0.3 is 11.1 Å². The zero-order chi connectivity index (χ0) is 13.8. The Morgan fingerprint density at radius 2 is 1.95 bits per heavy atom. The van der Waals surface area contributed by atoms with E-state index in [4.69, 9.17) is 17.3 Å². The minimum absolute atomic E-state index is 0.0687. The van der Waals surface area contributed by atoms with Crippen molar-refractivity contribution in [3.05, 3.63) is 64.2 Å². The molecule has 1 unspecified atom stereocenters. The van der Waals surface area contributed by atoms with Gasteiger partial charge in [-0.05, 0) is 48.7 Å². The molecule has 3 heteroatoms. The Labute approximate surface area is 119 Å². The van der Waals surface area contributed by atoms with Gasteiger partial charge in [0.2, 0.25) is 0 Å². The molecule has 2 aromatic carbocycles. The Kier molecular flexibility index (Phi) is 4.46. The average Bonchev–Trinajstić information content (AvgIpc) is 2.39. The van der Waals surface area contributed by atoms with Crippen molar-refractivity contribution in [2.75, 3.05) is 11.9 Å². The first-order valence-corrected chi connectivity index (χ1v) is 6.77. The highest BCUT2D eigenvalue weighted by Gasteiger charge is 2.11. The van der Waals surface area contributed by atoms with E-state index in [1.54, 1.807) is 0 Å². The summed E-state index contributed by atoms with van der Waals surface area (Å²) in [4.78, 5) is 0. The van der Waals surface area contributed by atoms with Crippen LogP contribution in [0.4, 0.5) is 5.69 Å². The monoisotopic (exact) mass is 274 g/mol. The third-order valence-electron chi connectivity index (χ3n) is 3.21. The van der Waals surface area contributed by atoms with E-state index in [-0.39, 0.29) is 6.04 Å². The summed E-state index contributed by atoms with van der Waals surface area (Å²) in [6.45, 7) is 4.70. The Balaban J connectivity index is 2.26. The smallest absolute Gasteiger partial charge is 0.0636 e. The van der Waals surface area contributed by atoms with E-state index in [9.17, 15) is 0 Å². The molecule has 0 amide bonds. The molecule has 0 spiro atoms. The van der Waals surface area contributed by atoms with Gasteiger partial charge in [-0.2, -0.15) is 0 Å². The van der Waals surface area contributed by atoms with Crippen molar-refractivity contribution in [3.63, 3.8) is 0 Å². The fraction of sp³-hybridized carbons (Fsp3) is 0.250. The molecule has 19 heavy (non-hydrogen) atoms. The van der Waals surface area contributed by atoms with Gasteiger partial charge in [0, 0.05) is 17.3 Å². The lowest BCUT2D eigenvalue weighted by Crippen LogP contribution is -2.21. The van der Waals surface area contributed by atoms with Crippen LogP contribution in [0.5, 0.6) is 0 Å². The minimum Gasteiger partial charge on any atom is -0.377 e. The van der Waals surface area contributed by atoms with Crippen LogP contribution in [0.2, 0.25) is 5.02 Å². The summed E-state index contributed by atoms with van der Waals surface area (Å²) in [5.41, 5.74) is 10.6.